The second kappa shape index (κ2) is 6.04. The number of phenolic OH excluding ortho intramolecular Hbond substituents is 1. The third-order valence-corrected chi connectivity index (χ3v) is 4.23. The third kappa shape index (κ3) is 3.35. The van der Waals surface area contributed by atoms with Gasteiger partial charge < -0.3 is 5.11 Å². The van der Waals surface area contributed by atoms with Crippen LogP contribution in [0.3, 0.4) is 0 Å². The summed E-state index contributed by atoms with van der Waals surface area (Å²) >= 11 is 0. The number of carbonyl (C=O) groups is 1. The molecule has 0 atom stereocenters. The van der Waals surface area contributed by atoms with Crippen LogP contribution in [0.2, 0.25) is 0 Å². The fourth-order valence-corrected chi connectivity index (χ4v) is 2.84. The van der Waals surface area contributed by atoms with Crippen LogP contribution in [-0.4, -0.2) is 16.6 Å². The first-order valence-corrected chi connectivity index (χ1v) is 8.27. The zero-order valence-electron chi connectivity index (χ0n) is 15.5. The molecule has 24 heavy (non-hydrogen) atoms. The lowest BCUT2D eigenvalue weighted by Gasteiger charge is -2.28. The molecule has 0 radical (unpaired) electrons. The Morgan fingerprint density at radius 3 is 2.00 bits per heavy atom. The lowest BCUT2D eigenvalue weighted by Crippen LogP contribution is -2.19. The second-order valence-electron chi connectivity index (χ2n) is 8.36. The van der Waals surface area contributed by atoms with Crippen molar-refractivity contribution in [3.63, 3.8) is 0 Å². The topological polar surface area (TPSA) is 49.7 Å². The molecule has 0 aliphatic carbocycles. The average molecular weight is 325 g/mol. The largest absolute Gasteiger partial charge is 0.507 e. The van der Waals surface area contributed by atoms with Crippen LogP contribution in [0, 0.1) is 0 Å². The van der Waals surface area contributed by atoms with E-state index >= 15 is 0 Å². The Morgan fingerprint density at radius 2 is 1.58 bits per heavy atom. The zero-order valence-corrected chi connectivity index (χ0v) is 15.5. The van der Waals surface area contributed by atoms with Crippen molar-refractivity contribution in [1.29, 1.82) is 0 Å². The minimum absolute atomic E-state index is 0.0553. The number of nitrogens with zero attached hydrogens (tertiary/aromatic N) is 1. The van der Waals surface area contributed by atoms with E-state index in [9.17, 15) is 9.90 Å². The Labute approximate surface area is 144 Å². The molecule has 1 aromatic carbocycles. The van der Waals surface area contributed by atoms with E-state index in [0.29, 0.717) is 23.5 Å². The number of hydrogen-bond donors (Lipinski definition) is 1. The van der Waals surface area contributed by atoms with Gasteiger partial charge in [0.15, 0.2) is 0 Å². The van der Waals surface area contributed by atoms with Crippen LogP contribution in [0.4, 0.5) is 0 Å². The molecule has 1 heterocycles. The van der Waals surface area contributed by atoms with Gasteiger partial charge in [-0.05, 0) is 28.5 Å². The summed E-state index contributed by atoms with van der Waals surface area (Å²) in [4.78, 5) is 16.8. The Balaban J connectivity index is 2.61. The van der Waals surface area contributed by atoms with Gasteiger partial charge in [-0.25, -0.2) is 0 Å². The molecule has 0 unspecified atom stereocenters. The summed E-state index contributed by atoms with van der Waals surface area (Å²) in [5, 5.41) is 10.8. The lowest BCUT2D eigenvalue weighted by atomic mass is 9.77. The molecule has 1 N–H and O–H groups in total. The number of rotatable bonds is 3. The van der Waals surface area contributed by atoms with Crippen LogP contribution in [0.15, 0.2) is 36.0 Å². The van der Waals surface area contributed by atoms with Crippen LogP contribution in [0.1, 0.15) is 64.7 Å². The van der Waals surface area contributed by atoms with Crippen molar-refractivity contribution in [2.45, 2.75) is 58.8 Å². The molecule has 0 saturated heterocycles. The molecule has 0 spiro atoms. The minimum Gasteiger partial charge on any atom is -0.507 e. The lowest BCUT2D eigenvalue weighted by molar-refractivity contribution is -0.108. The maximum Gasteiger partial charge on any atom is 0.209 e. The van der Waals surface area contributed by atoms with Gasteiger partial charge in [0, 0.05) is 29.3 Å². The van der Waals surface area contributed by atoms with Gasteiger partial charge in [-0.15, -0.1) is 6.58 Å². The summed E-state index contributed by atoms with van der Waals surface area (Å²) in [6.45, 7) is 16.0. The van der Waals surface area contributed by atoms with Gasteiger partial charge >= 0.3 is 0 Å². The first kappa shape index (κ1) is 18.2. The molecule has 0 saturated carbocycles. The Bertz CT molecular complexity index is 718. The SMILES string of the molecule is C=CCC1=NC=C(c2cc(C(C)(C)C)c(O)c(C(C)(C)C)c2)C1=O. The summed E-state index contributed by atoms with van der Waals surface area (Å²) in [5.74, 6) is 0.261. The van der Waals surface area contributed by atoms with Gasteiger partial charge in [-0.1, -0.05) is 47.6 Å². The molecular weight excluding hydrogens is 298 g/mol. The highest BCUT2D eigenvalue weighted by Crippen LogP contribution is 2.41. The fourth-order valence-electron chi connectivity index (χ4n) is 2.84. The van der Waals surface area contributed by atoms with Crippen molar-refractivity contribution in [3.8, 4) is 5.75 Å². The molecule has 1 aromatic rings. The van der Waals surface area contributed by atoms with Crippen LogP contribution in [-0.2, 0) is 15.6 Å². The number of hydrogen-bond acceptors (Lipinski definition) is 3. The summed E-state index contributed by atoms with van der Waals surface area (Å²) in [7, 11) is 0. The third-order valence-electron chi connectivity index (χ3n) is 4.23. The quantitative estimate of drug-likeness (QED) is 0.801. The number of aliphatic imine (C=N–C) groups is 1. The van der Waals surface area contributed by atoms with E-state index in [1.165, 1.54) is 0 Å². The molecular formula is C21H27NO2. The second-order valence-corrected chi connectivity index (χ2v) is 8.36. The van der Waals surface area contributed by atoms with Crippen molar-refractivity contribution in [2.75, 3.05) is 0 Å². The highest BCUT2D eigenvalue weighted by atomic mass is 16.3. The Morgan fingerprint density at radius 1 is 1.08 bits per heavy atom. The van der Waals surface area contributed by atoms with Crippen molar-refractivity contribution in [1.82, 2.24) is 0 Å². The van der Waals surface area contributed by atoms with Gasteiger partial charge in [0.05, 0.1) is 5.71 Å². The molecule has 1 aliphatic heterocycles. The normalized spacial score (nSPS) is 15.3. The predicted octanol–water partition coefficient (Wildman–Crippen LogP) is 4.93. The van der Waals surface area contributed by atoms with Gasteiger partial charge in [0.1, 0.15) is 5.75 Å². The van der Waals surface area contributed by atoms with Crippen molar-refractivity contribution in [2.24, 2.45) is 4.99 Å². The van der Waals surface area contributed by atoms with Gasteiger partial charge in [0.25, 0.3) is 0 Å². The van der Waals surface area contributed by atoms with E-state index in [1.54, 1.807) is 12.3 Å². The number of carbonyl (C=O) groups excluding carboxylic acids is 1. The minimum atomic E-state index is -0.229. The molecule has 128 valence electrons. The van der Waals surface area contributed by atoms with Gasteiger partial charge in [-0.3, -0.25) is 9.79 Å². The van der Waals surface area contributed by atoms with Crippen molar-refractivity contribution in [3.05, 3.63) is 47.7 Å². The van der Waals surface area contributed by atoms with Gasteiger partial charge in [0.2, 0.25) is 5.78 Å². The molecule has 3 heteroatoms. The molecule has 0 aromatic heterocycles. The zero-order chi connectivity index (χ0) is 18.3. The smallest absolute Gasteiger partial charge is 0.209 e. The summed E-state index contributed by atoms with van der Waals surface area (Å²) in [6.07, 6.45) is 3.78. The van der Waals surface area contributed by atoms with E-state index in [2.05, 4.69) is 53.1 Å². The molecule has 0 amide bonds. The van der Waals surface area contributed by atoms with Crippen LogP contribution in [0.5, 0.6) is 5.75 Å². The van der Waals surface area contributed by atoms with E-state index in [4.69, 9.17) is 0 Å². The average Bonchev–Trinajstić information content (AvgIpc) is 2.79. The van der Waals surface area contributed by atoms with Crippen LogP contribution < -0.4 is 0 Å². The Kier molecular flexibility index (Phi) is 4.58. The maximum atomic E-state index is 12.6. The van der Waals surface area contributed by atoms with Gasteiger partial charge in [-0.2, -0.15) is 0 Å². The van der Waals surface area contributed by atoms with E-state index in [-0.39, 0.29) is 16.6 Å². The molecule has 3 nitrogen and oxygen atoms in total. The standard InChI is InChI=1S/C21H27NO2/c1-8-9-17-18(23)14(12-22-17)13-10-15(20(2,3)4)19(24)16(11-13)21(5,6)7/h8,10-12,24H,1,9H2,2-7H3. The van der Waals surface area contributed by atoms with E-state index < -0.39 is 0 Å². The molecule has 1 aliphatic rings. The molecule has 0 fully saturated rings. The number of Topliss-reactive ketones (excluding diaryl/α,β-unsaturated/α-hetero) is 1. The fraction of sp³-hybridized carbons (Fsp3) is 0.429. The number of aromatic hydroxyl groups is 1. The summed E-state index contributed by atoms with van der Waals surface area (Å²) < 4.78 is 0. The predicted molar refractivity (Wildman–Crippen MR) is 101 cm³/mol. The number of benzene rings is 1. The number of phenols is 1. The van der Waals surface area contributed by atoms with Crippen molar-refractivity contribution < 1.29 is 9.90 Å². The molecule has 2 rings (SSSR count). The number of ketones is 1. The highest BCUT2D eigenvalue weighted by Gasteiger charge is 2.29. The summed E-state index contributed by atoms with van der Waals surface area (Å²) in [6, 6.07) is 3.83. The number of allylic oxidation sites excluding steroid dienone is 2. The van der Waals surface area contributed by atoms with Crippen LogP contribution in [0.25, 0.3) is 5.57 Å². The highest BCUT2D eigenvalue weighted by molar-refractivity contribution is 6.58. The molecule has 0 bridgehead atoms. The van der Waals surface area contributed by atoms with E-state index in [1.807, 2.05) is 12.1 Å². The monoisotopic (exact) mass is 325 g/mol. The Hall–Kier alpha value is -2.16. The first-order chi connectivity index (χ1) is 11.0. The first-order valence-electron chi connectivity index (χ1n) is 8.27. The maximum absolute atomic E-state index is 12.6. The van der Waals surface area contributed by atoms with E-state index in [0.717, 1.165) is 16.7 Å². The summed E-state index contributed by atoms with van der Waals surface area (Å²) in [5.41, 5.74) is 3.15. The van der Waals surface area contributed by atoms with Crippen LogP contribution >= 0.6 is 0 Å². The van der Waals surface area contributed by atoms with Crippen molar-refractivity contribution >= 4 is 17.1 Å².